The summed E-state index contributed by atoms with van der Waals surface area (Å²) in [7, 11) is 0. The SMILES string of the molecule is CCCCOC1CC2CN(Cc3ccccc3)CCC(=O)N2C1. The van der Waals surface area contributed by atoms with Crippen LogP contribution >= 0.6 is 0 Å². The van der Waals surface area contributed by atoms with Crippen LogP contribution < -0.4 is 0 Å². The van der Waals surface area contributed by atoms with Crippen LogP contribution in [0, 0.1) is 0 Å². The first-order valence-corrected chi connectivity index (χ1v) is 8.93. The van der Waals surface area contributed by atoms with Crippen molar-refractivity contribution >= 4 is 5.91 Å². The van der Waals surface area contributed by atoms with Crippen LogP contribution in [0.2, 0.25) is 0 Å². The van der Waals surface area contributed by atoms with Gasteiger partial charge in [-0.3, -0.25) is 9.69 Å². The zero-order valence-corrected chi connectivity index (χ0v) is 14.1. The predicted octanol–water partition coefficient (Wildman–Crippen LogP) is 2.68. The number of hydrogen-bond donors (Lipinski definition) is 0. The van der Waals surface area contributed by atoms with E-state index in [9.17, 15) is 4.79 Å². The molecule has 1 aromatic rings. The van der Waals surface area contributed by atoms with Crippen molar-refractivity contribution in [1.29, 1.82) is 0 Å². The molecule has 0 spiro atoms. The number of rotatable bonds is 6. The van der Waals surface area contributed by atoms with E-state index >= 15 is 0 Å². The highest BCUT2D eigenvalue weighted by molar-refractivity contribution is 5.77. The first-order chi connectivity index (χ1) is 11.3. The number of unbranched alkanes of at least 4 members (excludes halogenated alkanes) is 1. The molecule has 1 aromatic carbocycles. The van der Waals surface area contributed by atoms with Gasteiger partial charge in [-0.1, -0.05) is 43.7 Å². The van der Waals surface area contributed by atoms with Gasteiger partial charge in [-0.15, -0.1) is 0 Å². The topological polar surface area (TPSA) is 32.8 Å². The molecule has 126 valence electrons. The highest BCUT2D eigenvalue weighted by Crippen LogP contribution is 2.25. The summed E-state index contributed by atoms with van der Waals surface area (Å²) in [5.41, 5.74) is 1.32. The zero-order valence-electron chi connectivity index (χ0n) is 14.1. The minimum absolute atomic E-state index is 0.229. The molecular formula is C19H28N2O2. The molecule has 0 radical (unpaired) electrons. The fraction of sp³-hybridized carbons (Fsp3) is 0.632. The van der Waals surface area contributed by atoms with Crippen LogP contribution in [0.3, 0.4) is 0 Å². The molecule has 0 N–H and O–H groups in total. The lowest BCUT2D eigenvalue weighted by Crippen LogP contribution is -2.38. The van der Waals surface area contributed by atoms with E-state index in [1.807, 2.05) is 6.07 Å². The number of benzene rings is 1. The Bertz CT molecular complexity index is 505. The maximum Gasteiger partial charge on any atom is 0.224 e. The lowest BCUT2D eigenvalue weighted by atomic mass is 10.1. The number of hydrogen-bond acceptors (Lipinski definition) is 3. The molecular weight excluding hydrogens is 288 g/mol. The van der Waals surface area contributed by atoms with E-state index in [0.29, 0.717) is 18.4 Å². The maximum absolute atomic E-state index is 12.4. The molecule has 23 heavy (non-hydrogen) atoms. The van der Waals surface area contributed by atoms with Crippen molar-refractivity contribution in [2.24, 2.45) is 0 Å². The maximum atomic E-state index is 12.4. The minimum atomic E-state index is 0.229. The molecule has 4 heteroatoms. The highest BCUT2D eigenvalue weighted by Gasteiger charge is 2.38. The van der Waals surface area contributed by atoms with E-state index in [-0.39, 0.29) is 6.10 Å². The van der Waals surface area contributed by atoms with Crippen LogP contribution in [0.25, 0.3) is 0 Å². The zero-order chi connectivity index (χ0) is 16.1. The van der Waals surface area contributed by atoms with Gasteiger partial charge < -0.3 is 9.64 Å². The Kier molecular flexibility index (Phi) is 5.68. The Balaban J connectivity index is 1.58. The number of amides is 1. The lowest BCUT2D eigenvalue weighted by Gasteiger charge is -2.25. The van der Waals surface area contributed by atoms with Crippen LogP contribution in [0.4, 0.5) is 0 Å². The van der Waals surface area contributed by atoms with Gasteiger partial charge in [-0.05, 0) is 18.4 Å². The molecule has 0 saturated carbocycles. The molecule has 2 unspecified atom stereocenters. The molecule has 3 rings (SSSR count). The van der Waals surface area contributed by atoms with Crippen molar-refractivity contribution in [1.82, 2.24) is 9.80 Å². The molecule has 0 bridgehead atoms. The van der Waals surface area contributed by atoms with Crippen molar-refractivity contribution in [3.63, 3.8) is 0 Å². The van der Waals surface area contributed by atoms with Gasteiger partial charge in [0.2, 0.25) is 5.91 Å². The van der Waals surface area contributed by atoms with E-state index in [0.717, 1.165) is 52.0 Å². The van der Waals surface area contributed by atoms with Gasteiger partial charge in [0.25, 0.3) is 0 Å². The Hall–Kier alpha value is -1.39. The highest BCUT2D eigenvalue weighted by atomic mass is 16.5. The summed E-state index contributed by atoms with van der Waals surface area (Å²) < 4.78 is 5.97. The van der Waals surface area contributed by atoms with Crippen molar-refractivity contribution < 1.29 is 9.53 Å². The summed E-state index contributed by atoms with van der Waals surface area (Å²) >= 11 is 0. The smallest absolute Gasteiger partial charge is 0.224 e. The molecule has 2 fully saturated rings. The third-order valence-electron chi connectivity index (χ3n) is 4.91. The largest absolute Gasteiger partial charge is 0.376 e. The summed E-state index contributed by atoms with van der Waals surface area (Å²) in [6.07, 6.45) is 4.11. The minimum Gasteiger partial charge on any atom is -0.376 e. The molecule has 0 aromatic heterocycles. The normalized spacial score (nSPS) is 25.4. The Morgan fingerprint density at radius 3 is 2.83 bits per heavy atom. The first-order valence-electron chi connectivity index (χ1n) is 8.93. The third kappa shape index (κ3) is 4.33. The molecule has 2 heterocycles. The number of ether oxygens (including phenoxy) is 1. The van der Waals surface area contributed by atoms with Gasteiger partial charge in [-0.2, -0.15) is 0 Å². The number of carbonyl (C=O) groups excluding carboxylic acids is 1. The van der Waals surface area contributed by atoms with Crippen LogP contribution in [0.5, 0.6) is 0 Å². The molecule has 4 nitrogen and oxygen atoms in total. The second-order valence-corrected chi connectivity index (χ2v) is 6.75. The lowest BCUT2D eigenvalue weighted by molar-refractivity contribution is -0.131. The van der Waals surface area contributed by atoms with Crippen LogP contribution in [0.15, 0.2) is 30.3 Å². The monoisotopic (exact) mass is 316 g/mol. The summed E-state index contributed by atoms with van der Waals surface area (Å²) in [5.74, 6) is 0.298. The summed E-state index contributed by atoms with van der Waals surface area (Å²) in [4.78, 5) is 16.9. The van der Waals surface area contributed by atoms with Crippen molar-refractivity contribution in [3.05, 3.63) is 35.9 Å². The molecule has 1 amide bonds. The quantitative estimate of drug-likeness (QED) is 0.757. The van der Waals surface area contributed by atoms with Gasteiger partial charge in [0.05, 0.1) is 6.10 Å². The van der Waals surface area contributed by atoms with Crippen molar-refractivity contribution in [2.45, 2.75) is 51.3 Å². The summed E-state index contributed by atoms with van der Waals surface area (Å²) in [5, 5.41) is 0. The van der Waals surface area contributed by atoms with Gasteiger partial charge in [0.1, 0.15) is 0 Å². The van der Waals surface area contributed by atoms with E-state index in [1.54, 1.807) is 0 Å². The first kappa shape index (κ1) is 16.5. The number of carbonyl (C=O) groups is 1. The molecule has 0 aliphatic carbocycles. The van der Waals surface area contributed by atoms with Crippen molar-refractivity contribution in [3.8, 4) is 0 Å². The predicted molar refractivity (Wildman–Crippen MR) is 91.1 cm³/mol. The van der Waals surface area contributed by atoms with Gasteiger partial charge in [0.15, 0.2) is 0 Å². The second kappa shape index (κ2) is 7.93. The van der Waals surface area contributed by atoms with Crippen LogP contribution in [-0.4, -0.2) is 54.1 Å². The number of fused-ring (bicyclic) bond motifs is 1. The van der Waals surface area contributed by atoms with Crippen LogP contribution in [-0.2, 0) is 16.1 Å². The summed E-state index contributed by atoms with van der Waals surface area (Å²) in [6.45, 7) is 6.54. The van der Waals surface area contributed by atoms with E-state index < -0.39 is 0 Å². The van der Waals surface area contributed by atoms with Gasteiger partial charge in [-0.25, -0.2) is 0 Å². The van der Waals surface area contributed by atoms with E-state index in [4.69, 9.17) is 4.74 Å². The fourth-order valence-corrected chi connectivity index (χ4v) is 3.64. The Morgan fingerprint density at radius 2 is 2.04 bits per heavy atom. The second-order valence-electron chi connectivity index (χ2n) is 6.75. The van der Waals surface area contributed by atoms with Gasteiger partial charge in [0, 0.05) is 45.2 Å². The Morgan fingerprint density at radius 1 is 1.22 bits per heavy atom. The average molecular weight is 316 g/mol. The number of nitrogens with zero attached hydrogens (tertiary/aromatic N) is 2. The standard InChI is InChI=1S/C19H28N2O2/c1-2-3-11-23-18-12-17-14-20(10-9-19(22)21(17)15-18)13-16-7-5-4-6-8-16/h4-8,17-18H,2-3,9-15H2,1H3. The average Bonchev–Trinajstić information content (AvgIpc) is 2.90. The molecule has 2 atom stereocenters. The van der Waals surface area contributed by atoms with E-state index in [1.165, 1.54) is 5.56 Å². The van der Waals surface area contributed by atoms with Crippen molar-refractivity contribution in [2.75, 3.05) is 26.2 Å². The molecule has 2 saturated heterocycles. The molecule has 2 aliphatic rings. The fourth-order valence-electron chi connectivity index (χ4n) is 3.64. The third-order valence-corrected chi connectivity index (χ3v) is 4.91. The van der Waals surface area contributed by atoms with Crippen LogP contribution in [0.1, 0.15) is 38.2 Å². The van der Waals surface area contributed by atoms with E-state index in [2.05, 4.69) is 41.0 Å². The van der Waals surface area contributed by atoms with Gasteiger partial charge >= 0.3 is 0 Å². The summed E-state index contributed by atoms with van der Waals surface area (Å²) in [6, 6.07) is 10.9. The Labute approximate surface area is 139 Å². The molecule has 2 aliphatic heterocycles.